The zero-order valence-electron chi connectivity index (χ0n) is 12.7. The minimum absolute atomic E-state index is 0.0104. The highest BCUT2D eigenvalue weighted by atomic mass is 16.5. The largest absolute Gasteiger partial charge is 0.377 e. The number of morpholine rings is 1. The van der Waals surface area contributed by atoms with E-state index in [2.05, 4.69) is 20.2 Å². The van der Waals surface area contributed by atoms with Crippen molar-refractivity contribution in [2.24, 2.45) is 0 Å². The van der Waals surface area contributed by atoms with Gasteiger partial charge in [-0.25, -0.2) is 4.98 Å². The van der Waals surface area contributed by atoms with Crippen LogP contribution in [0.3, 0.4) is 0 Å². The van der Waals surface area contributed by atoms with Crippen molar-refractivity contribution in [2.75, 3.05) is 19.8 Å². The number of amides is 1. The molecule has 0 unspecified atom stereocenters. The second-order valence-corrected chi connectivity index (χ2v) is 5.69. The number of rotatable bonds is 2. The number of ether oxygens (including phenoxy) is 1. The molecular weight excluding hydrogens is 294 g/mol. The van der Waals surface area contributed by atoms with Crippen molar-refractivity contribution >= 4 is 16.9 Å². The van der Waals surface area contributed by atoms with E-state index in [9.17, 15) is 4.79 Å². The lowest BCUT2D eigenvalue weighted by molar-refractivity contribution is -0.00406. The van der Waals surface area contributed by atoms with Gasteiger partial charge in [0.25, 0.3) is 5.91 Å². The maximum atomic E-state index is 13.0. The number of imidazole rings is 1. The lowest BCUT2D eigenvalue weighted by Crippen LogP contribution is -2.43. The fourth-order valence-electron chi connectivity index (χ4n) is 3.01. The lowest BCUT2D eigenvalue weighted by atomic mass is 10.1. The van der Waals surface area contributed by atoms with Gasteiger partial charge >= 0.3 is 0 Å². The molecule has 0 saturated carbocycles. The van der Waals surface area contributed by atoms with Gasteiger partial charge in [-0.15, -0.1) is 0 Å². The van der Waals surface area contributed by atoms with Gasteiger partial charge in [-0.2, -0.15) is 5.10 Å². The van der Waals surface area contributed by atoms with E-state index in [0.717, 1.165) is 22.3 Å². The summed E-state index contributed by atoms with van der Waals surface area (Å²) in [5.74, 6) is -0.0104. The van der Waals surface area contributed by atoms with Crippen LogP contribution in [0.2, 0.25) is 0 Å². The zero-order valence-corrected chi connectivity index (χ0v) is 12.7. The number of fused-ring (bicyclic) bond motifs is 1. The monoisotopic (exact) mass is 311 g/mol. The second kappa shape index (κ2) is 5.51. The number of hydrogen-bond donors (Lipinski definition) is 2. The third-order valence-corrected chi connectivity index (χ3v) is 4.26. The minimum atomic E-state index is -0.142. The van der Waals surface area contributed by atoms with Gasteiger partial charge in [-0.1, -0.05) is 0 Å². The normalized spacial score (nSPS) is 18.5. The molecule has 7 heteroatoms. The summed E-state index contributed by atoms with van der Waals surface area (Å²) in [4.78, 5) is 22.1. The molecule has 118 valence electrons. The summed E-state index contributed by atoms with van der Waals surface area (Å²) >= 11 is 0. The molecule has 0 spiro atoms. The molecule has 4 rings (SSSR count). The van der Waals surface area contributed by atoms with Crippen molar-refractivity contribution in [3.05, 3.63) is 47.5 Å². The predicted molar refractivity (Wildman–Crippen MR) is 84.0 cm³/mol. The third-order valence-electron chi connectivity index (χ3n) is 4.26. The van der Waals surface area contributed by atoms with E-state index in [1.807, 2.05) is 30.0 Å². The highest BCUT2D eigenvalue weighted by molar-refractivity contribution is 5.97. The van der Waals surface area contributed by atoms with Crippen LogP contribution >= 0.6 is 0 Å². The smallest absolute Gasteiger partial charge is 0.254 e. The Morgan fingerprint density at radius 1 is 1.43 bits per heavy atom. The van der Waals surface area contributed by atoms with Crippen LogP contribution in [0.5, 0.6) is 0 Å². The van der Waals surface area contributed by atoms with E-state index in [1.54, 1.807) is 12.5 Å². The Balaban J connectivity index is 1.68. The topological polar surface area (TPSA) is 86.9 Å². The first-order valence-electron chi connectivity index (χ1n) is 7.56. The Labute approximate surface area is 132 Å². The molecular formula is C16H17N5O2. The zero-order chi connectivity index (χ0) is 15.8. The standard InChI is InChI=1S/C16H17N5O2/c1-10-7-19-20-15(10)14-8-23-5-4-21(14)16(22)11-2-3-12-13(6-11)18-9-17-12/h2-3,6-7,9,14H,4-5,8H2,1H3,(H,17,18)(H,19,20)/t14-/m0/s1. The Bertz CT molecular complexity index is 853. The lowest BCUT2D eigenvalue weighted by Gasteiger charge is -2.35. The van der Waals surface area contributed by atoms with E-state index in [1.165, 1.54) is 0 Å². The summed E-state index contributed by atoms with van der Waals surface area (Å²) < 4.78 is 5.58. The van der Waals surface area contributed by atoms with E-state index in [-0.39, 0.29) is 11.9 Å². The van der Waals surface area contributed by atoms with Crippen LogP contribution in [0, 0.1) is 6.92 Å². The maximum absolute atomic E-state index is 13.0. The fraction of sp³-hybridized carbons (Fsp3) is 0.312. The van der Waals surface area contributed by atoms with Gasteiger partial charge in [0, 0.05) is 12.1 Å². The molecule has 0 radical (unpaired) electrons. The summed E-state index contributed by atoms with van der Waals surface area (Å²) in [7, 11) is 0. The van der Waals surface area contributed by atoms with Gasteiger partial charge in [-0.3, -0.25) is 9.89 Å². The van der Waals surface area contributed by atoms with Crippen molar-refractivity contribution in [2.45, 2.75) is 13.0 Å². The maximum Gasteiger partial charge on any atom is 0.254 e. The van der Waals surface area contributed by atoms with E-state index >= 15 is 0 Å². The molecule has 0 aliphatic carbocycles. The number of carbonyl (C=O) groups excluding carboxylic acids is 1. The molecule has 7 nitrogen and oxygen atoms in total. The molecule has 1 saturated heterocycles. The number of nitrogens with zero attached hydrogens (tertiary/aromatic N) is 3. The van der Waals surface area contributed by atoms with Crippen LogP contribution < -0.4 is 0 Å². The number of H-pyrrole nitrogens is 2. The van der Waals surface area contributed by atoms with Crippen molar-refractivity contribution in [3.8, 4) is 0 Å². The average molecular weight is 311 g/mol. The van der Waals surface area contributed by atoms with E-state index in [0.29, 0.717) is 25.3 Å². The first-order chi connectivity index (χ1) is 11.2. The number of aryl methyl sites for hydroxylation is 1. The van der Waals surface area contributed by atoms with Crippen molar-refractivity contribution < 1.29 is 9.53 Å². The van der Waals surface area contributed by atoms with Crippen molar-refractivity contribution in [3.63, 3.8) is 0 Å². The summed E-state index contributed by atoms with van der Waals surface area (Å²) in [6, 6.07) is 5.38. The SMILES string of the molecule is Cc1cn[nH]c1[C@@H]1COCCN1C(=O)c1ccc2nc[nH]c2c1. The molecule has 23 heavy (non-hydrogen) atoms. The van der Waals surface area contributed by atoms with Crippen LogP contribution in [0.1, 0.15) is 27.7 Å². The van der Waals surface area contributed by atoms with Gasteiger partial charge in [0.1, 0.15) is 0 Å². The minimum Gasteiger partial charge on any atom is -0.377 e. The van der Waals surface area contributed by atoms with E-state index < -0.39 is 0 Å². The van der Waals surface area contributed by atoms with Gasteiger partial charge in [0.2, 0.25) is 0 Å². The van der Waals surface area contributed by atoms with Gasteiger partial charge in [0.15, 0.2) is 0 Å². The van der Waals surface area contributed by atoms with Crippen molar-refractivity contribution in [1.82, 2.24) is 25.1 Å². The molecule has 1 atom stereocenters. The molecule has 2 N–H and O–H groups in total. The summed E-state index contributed by atoms with van der Waals surface area (Å²) in [5.41, 5.74) is 4.32. The van der Waals surface area contributed by atoms with Crippen LogP contribution in [0.25, 0.3) is 11.0 Å². The summed E-state index contributed by atoms with van der Waals surface area (Å²) in [6.07, 6.45) is 3.40. The fourth-order valence-corrected chi connectivity index (χ4v) is 3.01. The highest BCUT2D eigenvalue weighted by Gasteiger charge is 2.31. The van der Waals surface area contributed by atoms with Crippen molar-refractivity contribution in [1.29, 1.82) is 0 Å². The summed E-state index contributed by atoms with van der Waals surface area (Å²) in [6.45, 7) is 3.55. The molecule has 0 bridgehead atoms. The van der Waals surface area contributed by atoms with E-state index in [4.69, 9.17) is 4.74 Å². The first-order valence-corrected chi connectivity index (χ1v) is 7.56. The number of carbonyl (C=O) groups is 1. The molecule has 3 aromatic rings. The quantitative estimate of drug-likeness (QED) is 0.755. The van der Waals surface area contributed by atoms with Gasteiger partial charge < -0.3 is 14.6 Å². The number of aromatic amines is 2. The first kappa shape index (κ1) is 14.0. The molecule has 1 aliphatic rings. The van der Waals surface area contributed by atoms with Gasteiger partial charge in [-0.05, 0) is 30.7 Å². The molecule has 2 aromatic heterocycles. The Kier molecular flexibility index (Phi) is 3.34. The second-order valence-electron chi connectivity index (χ2n) is 5.69. The number of benzene rings is 1. The summed E-state index contributed by atoms with van der Waals surface area (Å²) in [5, 5.41) is 7.06. The number of aromatic nitrogens is 4. The number of nitrogens with one attached hydrogen (secondary N) is 2. The Hall–Kier alpha value is -2.67. The Morgan fingerprint density at radius 3 is 3.17 bits per heavy atom. The van der Waals surface area contributed by atoms with Gasteiger partial charge in [0.05, 0.1) is 48.5 Å². The molecule has 3 heterocycles. The van der Waals surface area contributed by atoms with Crippen LogP contribution in [0.15, 0.2) is 30.7 Å². The third kappa shape index (κ3) is 2.39. The number of hydrogen-bond acceptors (Lipinski definition) is 4. The molecule has 1 fully saturated rings. The molecule has 1 aliphatic heterocycles. The molecule has 1 aromatic carbocycles. The van der Waals surface area contributed by atoms with Crippen LogP contribution in [0.4, 0.5) is 0 Å². The molecule has 1 amide bonds. The highest BCUT2D eigenvalue weighted by Crippen LogP contribution is 2.27. The van der Waals surface area contributed by atoms with Crippen LogP contribution in [-0.4, -0.2) is 50.7 Å². The predicted octanol–water partition coefficient (Wildman–Crippen LogP) is 1.81. The van der Waals surface area contributed by atoms with Crippen LogP contribution in [-0.2, 0) is 4.74 Å². The average Bonchev–Trinajstić information content (AvgIpc) is 3.22. The Morgan fingerprint density at radius 2 is 2.35 bits per heavy atom.